The number of piperidine rings is 1. The van der Waals surface area contributed by atoms with Gasteiger partial charge in [0.2, 0.25) is 10.0 Å². The van der Waals surface area contributed by atoms with Gasteiger partial charge in [-0.25, -0.2) is 8.42 Å². The Kier molecular flexibility index (Phi) is 5.31. The van der Waals surface area contributed by atoms with E-state index >= 15 is 0 Å². The Morgan fingerprint density at radius 3 is 2.56 bits per heavy atom. The lowest BCUT2D eigenvalue weighted by Crippen LogP contribution is -2.49. The average Bonchev–Trinajstić information content (AvgIpc) is 2.88. The van der Waals surface area contributed by atoms with E-state index in [1.54, 1.807) is 24.3 Å². The first kappa shape index (κ1) is 18.5. The van der Waals surface area contributed by atoms with Crippen molar-refractivity contribution in [2.45, 2.75) is 31.0 Å². The number of benzene rings is 1. The molecule has 1 aliphatic carbocycles. The third kappa shape index (κ3) is 3.52. The second kappa shape index (κ2) is 7.17. The lowest BCUT2D eigenvalue weighted by Gasteiger charge is -2.38. The number of aryl methyl sites for hydroxylation is 1. The average molecular weight is 367 g/mol. The zero-order chi connectivity index (χ0) is 18.2. The van der Waals surface area contributed by atoms with Crippen molar-refractivity contribution < 1.29 is 23.0 Å². The molecule has 138 valence electrons. The zero-order valence-electron chi connectivity index (χ0n) is 14.8. The van der Waals surface area contributed by atoms with Crippen molar-refractivity contribution in [1.29, 1.82) is 0 Å². The van der Waals surface area contributed by atoms with Gasteiger partial charge in [-0.3, -0.25) is 0 Å². The van der Waals surface area contributed by atoms with Crippen molar-refractivity contribution in [3.8, 4) is 0 Å². The fourth-order valence-electron chi connectivity index (χ4n) is 3.57. The number of sulfonamides is 1. The van der Waals surface area contributed by atoms with Crippen LogP contribution in [0.4, 0.5) is 0 Å². The topological polar surface area (TPSA) is 76.1 Å². The largest absolute Gasteiger partial charge is 0.389 e. The van der Waals surface area contributed by atoms with Gasteiger partial charge in [-0.1, -0.05) is 30.7 Å². The molecule has 1 N–H and O–H groups in total. The molecule has 1 aromatic carbocycles. The minimum Gasteiger partial charge on any atom is -0.389 e. The number of hydrogen-bond acceptors (Lipinski definition) is 5. The van der Waals surface area contributed by atoms with Crippen LogP contribution in [0, 0.1) is 18.8 Å². The number of rotatable bonds is 5. The fraction of sp³-hybridized carbons (Fsp3) is 0.556. The van der Waals surface area contributed by atoms with E-state index < -0.39 is 22.2 Å². The van der Waals surface area contributed by atoms with Gasteiger partial charge in [-0.2, -0.15) is 4.31 Å². The molecule has 3 rings (SSSR count). The quantitative estimate of drug-likeness (QED) is 0.631. The molecule has 0 amide bonds. The summed E-state index contributed by atoms with van der Waals surface area (Å²) in [5, 5.41) is 10.2. The van der Waals surface area contributed by atoms with Crippen LogP contribution in [0.3, 0.4) is 0 Å². The lowest BCUT2D eigenvalue weighted by molar-refractivity contribution is -0.0724. The second-order valence-corrected chi connectivity index (χ2v) is 8.76. The van der Waals surface area contributed by atoms with E-state index in [0.29, 0.717) is 6.54 Å². The summed E-state index contributed by atoms with van der Waals surface area (Å²) in [4.78, 5) is 0.280. The molecular weight excluding hydrogens is 342 g/mol. The van der Waals surface area contributed by atoms with Gasteiger partial charge < -0.3 is 14.6 Å². The third-order valence-corrected chi connectivity index (χ3v) is 7.00. The Bertz CT molecular complexity index is 743. The maximum absolute atomic E-state index is 13.1. The Morgan fingerprint density at radius 1 is 1.24 bits per heavy atom. The van der Waals surface area contributed by atoms with E-state index in [0.717, 1.165) is 11.1 Å². The van der Waals surface area contributed by atoms with Crippen LogP contribution in [0.15, 0.2) is 40.8 Å². The molecule has 2 aliphatic rings. The monoisotopic (exact) mass is 367 g/mol. The normalized spacial score (nSPS) is 30.2. The molecule has 4 atom stereocenters. The predicted molar refractivity (Wildman–Crippen MR) is 93.4 cm³/mol. The number of aliphatic hydroxyl groups is 1. The summed E-state index contributed by atoms with van der Waals surface area (Å²) in [5.74, 6) is -0.0921. The van der Waals surface area contributed by atoms with Crippen LogP contribution in [-0.2, 0) is 19.5 Å². The highest BCUT2D eigenvalue weighted by Crippen LogP contribution is 2.40. The Hall–Kier alpha value is -1.25. The summed E-state index contributed by atoms with van der Waals surface area (Å²) in [6.07, 6.45) is 0.833. The molecule has 0 aromatic heterocycles. The van der Waals surface area contributed by atoms with Crippen LogP contribution < -0.4 is 0 Å². The summed E-state index contributed by atoms with van der Waals surface area (Å²) in [6.45, 7) is 4.52. The van der Waals surface area contributed by atoms with Crippen LogP contribution in [0.5, 0.6) is 0 Å². The fourth-order valence-corrected chi connectivity index (χ4v) is 5.04. The predicted octanol–water partition coefficient (Wildman–Crippen LogP) is 1.54. The summed E-state index contributed by atoms with van der Waals surface area (Å²) >= 11 is 0. The van der Waals surface area contributed by atoms with Crippen LogP contribution in [0.25, 0.3) is 0 Å². The first-order valence-electron chi connectivity index (χ1n) is 8.41. The van der Waals surface area contributed by atoms with Gasteiger partial charge in [0.25, 0.3) is 0 Å². The van der Waals surface area contributed by atoms with Gasteiger partial charge in [0, 0.05) is 26.1 Å². The number of hydrogen-bond donors (Lipinski definition) is 1. The van der Waals surface area contributed by atoms with Gasteiger partial charge in [-0.05, 0) is 30.5 Å². The molecule has 1 fully saturated rings. The van der Waals surface area contributed by atoms with Crippen LogP contribution in [0.2, 0.25) is 0 Å². The number of fused-ring (bicyclic) bond motifs is 1. The number of methoxy groups -OCH3 is 1. The Balaban J connectivity index is 1.89. The molecule has 0 radical (unpaired) electrons. The first-order valence-corrected chi connectivity index (χ1v) is 9.85. The number of nitrogens with zero attached hydrogens (tertiary/aromatic N) is 1. The van der Waals surface area contributed by atoms with Crippen LogP contribution in [0.1, 0.15) is 12.5 Å². The van der Waals surface area contributed by atoms with Gasteiger partial charge in [0.05, 0.1) is 17.1 Å². The minimum atomic E-state index is -3.61. The first-order chi connectivity index (χ1) is 11.8. The number of aliphatic hydroxyl groups excluding tert-OH is 1. The van der Waals surface area contributed by atoms with Crippen LogP contribution in [-0.4, -0.2) is 57.0 Å². The summed E-state index contributed by atoms with van der Waals surface area (Å²) in [7, 11) is -2.08. The standard InChI is InChI=1S/C18H25NO5S/c1-12-4-6-14(7-5-12)25(21,22)19-9-16-13(2)17(20)8-15(16)18(10-19)24-11-23-3/h4-8,13,16-18,20H,9-11H2,1-3H3/t13-,16-,17-,18+/m0/s1. The molecule has 1 aliphatic heterocycles. The second-order valence-electron chi connectivity index (χ2n) is 6.82. The molecular formula is C18H25NO5S. The van der Waals surface area contributed by atoms with Gasteiger partial charge in [-0.15, -0.1) is 0 Å². The zero-order valence-corrected chi connectivity index (χ0v) is 15.6. The van der Waals surface area contributed by atoms with Crippen LogP contribution >= 0.6 is 0 Å². The molecule has 1 aromatic rings. The maximum atomic E-state index is 13.1. The lowest BCUT2D eigenvalue weighted by atomic mass is 9.86. The van der Waals surface area contributed by atoms with E-state index in [-0.39, 0.29) is 30.1 Å². The Labute approximate surface area is 149 Å². The SMILES string of the molecule is COCO[C@@H]1CN(S(=O)(=O)c2ccc(C)cc2)C[C@@H]2C1=C[C@H](O)[C@H]2C. The van der Waals surface area contributed by atoms with E-state index in [2.05, 4.69) is 0 Å². The molecule has 0 bridgehead atoms. The molecule has 25 heavy (non-hydrogen) atoms. The highest BCUT2D eigenvalue weighted by molar-refractivity contribution is 7.89. The van der Waals surface area contributed by atoms with Gasteiger partial charge in [0.1, 0.15) is 6.79 Å². The van der Waals surface area contributed by atoms with E-state index in [4.69, 9.17) is 9.47 Å². The summed E-state index contributed by atoms with van der Waals surface area (Å²) in [5.41, 5.74) is 1.99. The van der Waals surface area contributed by atoms with Crippen molar-refractivity contribution in [3.05, 3.63) is 41.5 Å². The minimum absolute atomic E-state index is 0.0420. The van der Waals surface area contributed by atoms with Crippen molar-refractivity contribution in [3.63, 3.8) is 0 Å². The molecule has 0 unspecified atom stereocenters. The smallest absolute Gasteiger partial charge is 0.243 e. The molecule has 7 heteroatoms. The summed E-state index contributed by atoms with van der Waals surface area (Å²) in [6, 6.07) is 6.86. The van der Waals surface area contributed by atoms with E-state index in [1.807, 2.05) is 19.9 Å². The van der Waals surface area contributed by atoms with Crippen molar-refractivity contribution in [1.82, 2.24) is 4.31 Å². The Morgan fingerprint density at radius 2 is 1.92 bits per heavy atom. The highest BCUT2D eigenvalue weighted by Gasteiger charge is 2.45. The molecule has 6 nitrogen and oxygen atoms in total. The van der Waals surface area contributed by atoms with Crippen molar-refractivity contribution in [2.75, 3.05) is 27.0 Å². The molecule has 0 saturated carbocycles. The van der Waals surface area contributed by atoms with E-state index in [1.165, 1.54) is 11.4 Å². The maximum Gasteiger partial charge on any atom is 0.243 e. The molecule has 0 spiro atoms. The molecule has 1 saturated heterocycles. The highest BCUT2D eigenvalue weighted by atomic mass is 32.2. The van der Waals surface area contributed by atoms with Crippen molar-refractivity contribution >= 4 is 10.0 Å². The molecule has 1 heterocycles. The van der Waals surface area contributed by atoms with E-state index in [9.17, 15) is 13.5 Å². The van der Waals surface area contributed by atoms with Crippen molar-refractivity contribution in [2.24, 2.45) is 11.8 Å². The van der Waals surface area contributed by atoms with Gasteiger partial charge >= 0.3 is 0 Å². The summed E-state index contributed by atoms with van der Waals surface area (Å²) < 4.78 is 38.3. The third-order valence-electron chi connectivity index (χ3n) is 5.15. The van der Waals surface area contributed by atoms with Gasteiger partial charge in [0.15, 0.2) is 0 Å². The number of ether oxygens (including phenoxy) is 2.